The van der Waals surface area contributed by atoms with Crippen LogP contribution in [0.3, 0.4) is 0 Å². The van der Waals surface area contributed by atoms with Gasteiger partial charge in [0.1, 0.15) is 0 Å². The molecule has 0 aromatic heterocycles. The second kappa shape index (κ2) is 7.13. The lowest BCUT2D eigenvalue weighted by Crippen LogP contribution is -2.46. The van der Waals surface area contributed by atoms with E-state index in [1.807, 2.05) is 0 Å². The Hall–Kier alpha value is -2.28. The molecule has 0 aliphatic carbocycles. The maximum absolute atomic E-state index is 9.79. The van der Waals surface area contributed by atoms with E-state index >= 15 is 0 Å². The van der Waals surface area contributed by atoms with Crippen LogP contribution in [-0.4, -0.2) is 21.4 Å². The molecule has 0 saturated carbocycles. The summed E-state index contributed by atoms with van der Waals surface area (Å²) in [5.74, 6) is 24.9. The summed E-state index contributed by atoms with van der Waals surface area (Å²) in [6.07, 6.45) is 0. The third kappa shape index (κ3) is 6.33. The molecule has 1 unspecified atom stereocenters. The van der Waals surface area contributed by atoms with E-state index in [2.05, 4.69) is 59.2 Å². The molecule has 1 atom stereocenters. The van der Waals surface area contributed by atoms with E-state index in [0.717, 1.165) is 0 Å². The van der Waals surface area contributed by atoms with Crippen molar-refractivity contribution in [2.75, 3.05) is 0 Å². The van der Waals surface area contributed by atoms with Crippen LogP contribution in [0.5, 0.6) is 0 Å². The van der Waals surface area contributed by atoms with Crippen molar-refractivity contribution in [3.63, 3.8) is 0 Å². The van der Waals surface area contributed by atoms with E-state index in [0.29, 0.717) is 0 Å². The summed E-state index contributed by atoms with van der Waals surface area (Å²) >= 11 is 0. The highest BCUT2D eigenvalue weighted by Crippen LogP contribution is 2.19. The molecule has 0 amide bonds. The molecule has 0 rings (SSSR count). The summed E-state index contributed by atoms with van der Waals surface area (Å²) in [6.45, 7) is 6.05. The molecule has 2 heteroatoms. The van der Waals surface area contributed by atoms with Crippen molar-refractivity contribution in [3.05, 3.63) is 0 Å². The quantitative estimate of drug-likeness (QED) is 0.655. The lowest BCUT2D eigenvalue weighted by atomic mass is 9.88. The van der Waals surface area contributed by atoms with Gasteiger partial charge in [-0.2, -0.15) is 0 Å². The Bertz CT molecular complexity index is 589. The molecule has 0 heterocycles. The average molecular weight is 238 g/mol. The van der Waals surface area contributed by atoms with E-state index in [9.17, 15) is 10.2 Å². The van der Waals surface area contributed by atoms with E-state index < -0.39 is 11.2 Å². The summed E-state index contributed by atoms with van der Waals surface area (Å²) in [5, 5.41) is 19.4. The Morgan fingerprint density at radius 1 is 0.667 bits per heavy atom. The monoisotopic (exact) mass is 238 g/mol. The maximum Gasteiger partial charge on any atom is 0.151 e. The summed E-state index contributed by atoms with van der Waals surface area (Å²) in [4.78, 5) is 0. The van der Waals surface area contributed by atoms with Gasteiger partial charge in [0.25, 0.3) is 0 Å². The normalized spacial score (nSPS) is 11.2. The van der Waals surface area contributed by atoms with Gasteiger partial charge in [-0.25, -0.2) is 0 Å². The Labute approximate surface area is 109 Å². The minimum atomic E-state index is -1.52. The van der Waals surface area contributed by atoms with E-state index in [-0.39, 0.29) is 0 Å². The van der Waals surface area contributed by atoms with Crippen molar-refractivity contribution < 1.29 is 10.2 Å². The van der Waals surface area contributed by atoms with Gasteiger partial charge in [-0.1, -0.05) is 11.8 Å². The zero-order chi connectivity index (χ0) is 14.1. The molecular formula is C16H14O2. The molecule has 0 spiro atoms. The molecule has 18 heavy (non-hydrogen) atoms. The molecule has 0 aromatic carbocycles. The number of rotatable bonds is 1. The van der Waals surface area contributed by atoms with Crippen LogP contribution in [0.25, 0.3) is 0 Å². The summed E-state index contributed by atoms with van der Waals surface area (Å²) in [5.41, 5.74) is -2.84. The van der Waals surface area contributed by atoms with Gasteiger partial charge in [0, 0.05) is 0 Å². The van der Waals surface area contributed by atoms with Crippen molar-refractivity contribution in [1.29, 1.82) is 0 Å². The van der Waals surface area contributed by atoms with Crippen molar-refractivity contribution in [3.8, 4) is 59.2 Å². The zero-order valence-corrected chi connectivity index (χ0v) is 10.9. The molecule has 0 aromatic rings. The first-order chi connectivity index (χ1) is 8.31. The van der Waals surface area contributed by atoms with Gasteiger partial charge in [0.2, 0.25) is 0 Å². The highest BCUT2D eigenvalue weighted by molar-refractivity contribution is 5.43. The third-order valence-electron chi connectivity index (χ3n) is 2.06. The predicted octanol–water partition coefficient (Wildman–Crippen LogP) is 0.545. The van der Waals surface area contributed by atoms with Crippen LogP contribution in [0.15, 0.2) is 0 Å². The molecule has 0 saturated heterocycles. The van der Waals surface area contributed by atoms with Crippen molar-refractivity contribution in [2.45, 2.75) is 38.9 Å². The molecule has 2 N–H and O–H groups in total. The topological polar surface area (TPSA) is 40.5 Å². The maximum atomic E-state index is 9.79. The second-order valence-electron chi connectivity index (χ2n) is 4.01. The van der Waals surface area contributed by atoms with Crippen LogP contribution in [0.4, 0.5) is 0 Å². The fourth-order valence-corrected chi connectivity index (χ4v) is 0.556. The van der Waals surface area contributed by atoms with Gasteiger partial charge in [-0.3, -0.25) is 0 Å². The minimum Gasteiger partial charge on any atom is -0.386 e. The fourth-order valence-electron chi connectivity index (χ4n) is 0.556. The van der Waals surface area contributed by atoms with E-state index in [4.69, 9.17) is 0 Å². The number of hydrogen-bond acceptors (Lipinski definition) is 2. The van der Waals surface area contributed by atoms with Crippen LogP contribution < -0.4 is 0 Å². The van der Waals surface area contributed by atoms with Crippen LogP contribution in [0.2, 0.25) is 0 Å². The zero-order valence-electron chi connectivity index (χ0n) is 10.9. The number of aliphatic hydroxyl groups is 2. The minimum absolute atomic E-state index is 1.32. The highest BCUT2D eigenvalue weighted by atomic mass is 16.3. The Morgan fingerprint density at radius 2 is 1.06 bits per heavy atom. The molecule has 0 fully saturated rings. The largest absolute Gasteiger partial charge is 0.386 e. The average Bonchev–Trinajstić information content (AvgIpc) is 2.25. The van der Waals surface area contributed by atoms with Crippen LogP contribution in [0.1, 0.15) is 27.7 Å². The lowest BCUT2D eigenvalue weighted by Gasteiger charge is -2.30. The molecular weight excluding hydrogens is 224 g/mol. The SMILES string of the molecule is CC#CC#CC#CC#CC#CC(C)(O)C(C)(C)O. The van der Waals surface area contributed by atoms with Crippen molar-refractivity contribution in [1.82, 2.24) is 0 Å². The standard InChI is InChI=1S/C16H14O2/c1-5-6-7-8-9-10-11-12-13-14-16(4,18)15(2,3)17/h17-18H,1-4H3. The highest BCUT2D eigenvalue weighted by Gasteiger charge is 2.35. The molecule has 0 bridgehead atoms. The predicted molar refractivity (Wildman–Crippen MR) is 71.5 cm³/mol. The van der Waals surface area contributed by atoms with Gasteiger partial charge in [-0.05, 0) is 75.1 Å². The van der Waals surface area contributed by atoms with Gasteiger partial charge >= 0.3 is 0 Å². The van der Waals surface area contributed by atoms with E-state index in [1.165, 1.54) is 20.8 Å². The van der Waals surface area contributed by atoms with Gasteiger partial charge in [-0.15, -0.1) is 0 Å². The first-order valence-electron chi connectivity index (χ1n) is 5.20. The molecule has 0 radical (unpaired) electrons. The van der Waals surface area contributed by atoms with Crippen molar-refractivity contribution in [2.24, 2.45) is 0 Å². The fraction of sp³-hybridized carbons (Fsp3) is 0.375. The Balaban J connectivity index is 4.64. The molecule has 90 valence electrons. The Kier molecular flexibility index (Phi) is 6.22. The first kappa shape index (κ1) is 15.7. The first-order valence-corrected chi connectivity index (χ1v) is 5.20. The number of hydrogen-bond donors (Lipinski definition) is 2. The Morgan fingerprint density at radius 3 is 1.44 bits per heavy atom. The molecule has 0 aliphatic rings. The van der Waals surface area contributed by atoms with E-state index in [1.54, 1.807) is 6.92 Å². The van der Waals surface area contributed by atoms with Crippen LogP contribution in [0, 0.1) is 59.2 Å². The molecule has 0 aliphatic heterocycles. The summed E-state index contributed by atoms with van der Waals surface area (Å²) < 4.78 is 0. The third-order valence-corrected chi connectivity index (χ3v) is 2.06. The second-order valence-corrected chi connectivity index (χ2v) is 4.01. The van der Waals surface area contributed by atoms with Gasteiger partial charge < -0.3 is 10.2 Å². The lowest BCUT2D eigenvalue weighted by molar-refractivity contribution is -0.0820. The summed E-state index contributed by atoms with van der Waals surface area (Å²) in [6, 6.07) is 0. The van der Waals surface area contributed by atoms with Crippen LogP contribution >= 0.6 is 0 Å². The van der Waals surface area contributed by atoms with Crippen molar-refractivity contribution >= 4 is 0 Å². The summed E-state index contributed by atoms with van der Waals surface area (Å²) in [7, 11) is 0. The van der Waals surface area contributed by atoms with Crippen LogP contribution in [-0.2, 0) is 0 Å². The smallest absolute Gasteiger partial charge is 0.151 e. The molecule has 2 nitrogen and oxygen atoms in total. The van der Waals surface area contributed by atoms with Gasteiger partial charge in [0.15, 0.2) is 5.60 Å². The van der Waals surface area contributed by atoms with Gasteiger partial charge in [0.05, 0.1) is 5.60 Å².